The molecule has 2 heterocycles. The summed E-state index contributed by atoms with van der Waals surface area (Å²) in [6.45, 7) is 10.1. The third kappa shape index (κ3) is 6.12. The standard InChI is InChI=1S/C29H41N3O2/c1-23(2)21-34-27-8-6-5-7-25(27)20-31-16-13-29(14-17-31)15-18-32(22-29)28(33)19-24-9-11-26(12-10-24)30(3)4/h5-12,23H,13-22H2,1-4H3. The van der Waals surface area contributed by atoms with Crippen LogP contribution in [0.2, 0.25) is 0 Å². The van der Waals surface area contributed by atoms with E-state index in [4.69, 9.17) is 4.74 Å². The predicted octanol–water partition coefficient (Wildman–Crippen LogP) is 4.84. The normalized spacial score (nSPS) is 18.0. The first-order valence-corrected chi connectivity index (χ1v) is 12.8. The lowest BCUT2D eigenvalue weighted by Gasteiger charge is -2.39. The summed E-state index contributed by atoms with van der Waals surface area (Å²) in [6, 6.07) is 16.8. The fourth-order valence-corrected chi connectivity index (χ4v) is 5.21. The van der Waals surface area contributed by atoms with E-state index in [0.717, 1.165) is 62.8 Å². The van der Waals surface area contributed by atoms with Gasteiger partial charge in [-0.1, -0.05) is 44.2 Å². The molecule has 184 valence electrons. The molecule has 5 heteroatoms. The van der Waals surface area contributed by atoms with Gasteiger partial charge in [0.05, 0.1) is 13.0 Å². The van der Waals surface area contributed by atoms with Crippen molar-refractivity contribution in [3.8, 4) is 5.75 Å². The van der Waals surface area contributed by atoms with Crippen molar-refractivity contribution >= 4 is 11.6 Å². The van der Waals surface area contributed by atoms with E-state index in [1.807, 2.05) is 14.1 Å². The minimum Gasteiger partial charge on any atom is -0.493 e. The highest BCUT2D eigenvalue weighted by Crippen LogP contribution is 2.41. The van der Waals surface area contributed by atoms with Gasteiger partial charge in [-0.25, -0.2) is 0 Å². The van der Waals surface area contributed by atoms with Crippen molar-refractivity contribution in [2.45, 2.75) is 46.1 Å². The Morgan fingerprint density at radius 1 is 1.00 bits per heavy atom. The van der Waals surface area contributed by atoms with E-state index < -0.39 is 0 Å². The molecule has 2 fully saturated rings. The topological polar surface area (TPSA) is 36.0 Å². The summed E-state index contributed by atoms with van der Waals surface area (Å²) in [5.41, 5.74) is 3.85. The van der Waals surface area contributed by atoms with E-state index in [1.165, 1.54) is 18.4 Å². The Morgan fingerprint density at radius 3 is 2.35 bits per heavy atom. The van der Waals surface area contributed by atoms with Crippen molar-refractivity contribution < 1.29 is 9.53 Å². The monoisotopic (exact) mass is 463 g/mol. The lowest BCUT2D eigenvalue weighted by atomic mass is 9.77. The number of amides is 1. The van der Waals surface area contributed by atoms with Gasteiger partial charge in [0.15, 0.2) is 0 Å². The highest BCUT2D eigenvalue weighted by atomic mass is 16.5. The first kappa shape index (κ1) is 24.6. The molecule has 2 aliphatic heterocycles. The molecule has 0 bridgehead atoms. The van der Waals surface area contributed by atoms with Gasteiger partial charge in [-0.3, -0.25) is 9.69 Å². The van der Waals surface area contributed by atoms with E-state index in [9.17, 15) is 4.79 Å². The van der Waals surface area contributed by atoms with Crippen LogP contribution in [0.5, 0.6) is 5.75 Å². The summed E-state index contributed by atoms with van der Waals surface area (Å²) in [5, 5.41) is 0. The molecule has 0 atom stereocenters. The summed E-state index contributed by atoms with van der Waals surface area (Å²) in [7, 11) is 4.07. The highest BCUT2D eigenvalue weighted by molar-refractivity contribution is 5.79. The van der Waals surface area contributed by atoms with Gasteiger partial charge < -0.3 is 14.5 Å². The highest BCUT2D eigenvalue weighted by Gasteiger charge is 2.41. The number of ether oxygens (including phenoxy) is 1. The molecule has 0 aromatic heterocycles. The summed E-state index contributed by atoms with van der Waals surface area (Å²) >= 11 is 0. The average molecular weight is 464 g/mol. The van der Waals surface area contributed by atoms with Crippen LogP contribution in [0.3, 0.4) is 0 Å². The van der Waals surface area contributed by atoms with Gasteiger partial charge in [-0.15, -0.1) is 0 Å². The number of hydrogen-bond donors (Lipinski definition) is 0. The zero-order chi connectivity index (χ0) is 24.1. The van der Waals surface area contributed by atoms with Crippen molar-refractivity contribution in [2.75, 3.05) is 51.8 Å². The van der Waals surface area contributed by atoms with Crippen LogP contribution in [0.1, 0.15) is 44.2 Å². The molecule has 34 heavy (non-hydrogen) atoms. The number of rotatable bonds is 8. The average Bonchev–Trinajstić information content (AvgIpc) is 3.24. The first-order valence-electron chi connectivity index (χ1n) is 12.8. The SMILES string of the molecule is CC(C)COc1ccccc1CN1CCC2(CC1)CCN(C(=O)Cc1ccc(N(C)C)cc1)C2. The predicted molar refractivity (Wildman–Crippen MR) is 139 cm³/mol. The van der Waals surface area contributed by atoms with E-state index in [1.54, 1.807) is 0 Å². The number of hydrogen-bond acceptors (Lipinski definition) is 4. The van der Waals surface area contributed by atoms with Gasteiger partial charge in [0.25, 0.3) is 0 Å². The molecule has 1 spiro atoms. The number of carbonyl (C=O) groups is 1. The number of carbonyl (C=O) groups excluding carboxylic acids is 1. The molecule has 0 saturated carbocycles. The maximum Gasteiger partial charge on any atom is 0.227 e. The molecular formula is C29H41N3O2. The quantitative estimate of drug-likeness (QED) is 0.561. The molecule has 2 aromatic rings. The Morgan fingerprint density at radius 2 is 1.68 bits per heavy atom. The maximum atomic E-state index is 13.0. The fourth-order valence-electron chi connectivity index (χ4n) is 5.21. The van der Waals surface area contributed by atoms with Gasteiger partial charge >= 0.3 is 0 Å². The van der Waals surface area contributed by atoms with Crippen LogP contribution in [0, 0.1) is 11.3 Å². The van der Waals surface area contributed by atoms with Crippen LogP contribution >= 0.6 is 0 Å². The Labute approximate surface area is 205 Å². The second-order valence-electron chi connectivity index (χ2n) is 10.9. The van der Waals surface area contributed by atoms with Gasteiger partial charge in [0.2, 0.25) is 5.91 Å². The number of nitrogens with zero attached hydrogens (tertiary/aromatic N) is 3. The minimum atomic E-state index is 0.271. The van der Waals surface area contributed by atoms with Gasteiger partial charge in [0, 0.05) is 45.0 Å². The zero-order valence-electron chi connectivity index (χ0n) is 21.4. The molecule has 0 N–H and O–H groups in total. The zero-order valence-corrected chi connectivity index (χ0v) is 21.4. The molecular weight excluding hydrogens is 422 g/mol. The minimum absolute atomic E-state index is 0.271. The fraction of sp³-hybridized carbons (Fsp3) is 0.552. The van der Waals surface area contributed by atoms with Crippen LogP contribution in [0.25, 0.3) is 0 Å². The molecule has 2 saturated heterocycles. The second kappa shape index (κ2) is 10.8. The van der Waals surface area contributed by atoms with Crippen molar-refractivity contribution in [1.29, 1.82) is 0 Å². The summed E-state index contributed by atoms with van der Waals surface area (Å²) in [4.78, 5) is 19.8. The number of benzene rings is 2. The lowest BCUT2D eigenvalue weighted by Crippen LogP contribution is -2.42. The third-order valence-electron chi connectivity index (χ3n) is 7.45. The summed E-state index contributed by atoms with van der Waals surface area (Å²) in [6.07, 6.45) is 3.98. The van der Waals surface area contributed by atoms with Crippen LogP contribution in [-0.2, 0) is 17.8 Å². The van der Waals surface area contributed by atoms with Crippen LogP contribution in [0.15, 0.2) is 48.5 Å². The van der Waals surface area contributed by atoms with Crippen LogP contribution < -0.4 is 9.64 Å². The second-order valence-corrected chi connectivity index (χ2v) is 10.9. The van der Waals surface area contributed by atoms with E-state index in [0.29, 0.717) is 17.8 Å². The molecule has 0 radical (unpaired) electrons. The Bertz CT molecular complexity index is 946. The van der Waals surface area contributed by atoms with Gasteiger partial charge in [-0.05, 0) is 67.4 Å². The molecule has 5 nitrogen and oxygen atoms in total. The molecule has 0 unspecified atom stereocenters. The van der Waals surface area contributed by atoms with Crippen LogP contribution in [-0.4, -0.2) is 62.6 Å². The first-order chi connectivity index (χ1) is 16.3. The number of anilines is 1. The maximum absolute atomic E-state index is 13.0. The smallest absolute Gasteiger partial charge is 0.227 e. The Kier molecular flexibility index (Phi) is 7.82. The number of piperidine rings is 1. The van der Waals surface area contributed by atoms with E-state index >= 15 is 0 Å². The van der Waals surface area contributed by atoms with E-state index in [2.05, 4.69) is 77.1 Å². The number of likely N-dealkylation sites (tertiary alicyclic amines) is 2. The van der Waals surface area contributed by atoms with Crippen molar-refractivity contribution in [1.82, 2.24) is 9.80 Å². The van der Waals surface area contributed by atoms with Gasteiger partial charge in [0.1, 0.15) is 5.75 Å². The van der Waals surface area contributed by atoms with Crippen molar-refractivity contribution in [3.63, 3.8) is 0 Å². The van der Waals surface area contributed by atoms with E-state index in [-0.39, 0.29) is 5.91 Å². The molecule has 4 rings (SSSR count). The Hall–Kier alpha value is -2.53. The summed E-state index contributed by atoms with van der Waals surface area (Å²) in [5.74, 6) is 1.81. The molecule has 2 aliphatic rings. The number of para-hydroxylation sites is 1. The van der Waals surface area contributed by atoms with Gasteiger partial charge in [-0.2, -0.15) is 0 Å². The van der Waals surface area contributed by atoms with Crippen LogP contribution in [0.4, 0.5) is 5.69 Å². The Balaban J connectivity index is 1.28. The third-order valence-corrected chi connectivity index (χ3v) is 7.45. The molecule has 0 aliphatic carbocycles. The van der Waals surface area contributed by atoms with Crippen molar-refractivity contribution in [2.24, 2.45) is 11.3 Å². The molecule has 2 aromatic carbocycles. The van der Waals surface area contributed by atoms with Crippen molar-refractivity contribution in [3.05, 3.63) is 59.7 Å². The molecule has 1 amide bonds. The summed E-state index contributed by atoms with van der Waals surface area (Å²) < 4.78 is 6.07. The largest absolute Gasteiger partial charge is 0.493 e. The lowest BCUT2D eigenvalue weighted by molar-refractivity contribution is -0.130.